The van der Waals surface area contributed by atoms with Gasteiger partial charge in [0, 0.05) is 22.8 Å². The van der Waals surface area contributed by atoms with Gasteiger partial charge in [-0.2, -0.15) is 0 Å². The Morgan fingerprint density at radius 3 is 2.50 bits per heavy atom. The highest BCUT2D eigenvalue weighted by Crippen LogP contribution is 2.39. The van der Waals surface area contributed by atoms with E-state index >= 15 is 0 Å². The summed E-state index contributed by atoms with van der Waals surface area (Å²) >= 11 is 2.19. The van der Waals surface area contributed by atoms with Gasteiger partial charge in [-0.15, -0.1) is 0 Å². The highest BCUT2D eigenvalue weighted by Gasteiger charge is 2.45. The number of benzene rings is 2. The molecular weight excluding hydrogens is 473 g/mol. The molecular formula is C21H20INO5. The Labute approximate surface area is 176 Å². The van der Waals surface area contributed by atoms with Gasteiger partial charge in [-0.05, 0) is 52.4 Å². The molecule has 146 valence electrons. The van der Waals surface area contributed by atoms with Gasteiger partial charge < -0.3 is 19.5 Å². The van der Waals surface area contributed by atoms with Crippen molar-refractivity contribution in [3.8, 4) is 5.75 Å². The summed E-state index contributed by atoms with van der Waals surface area (Å²) in [5.74, 6) is -1.03. The lowest BCUT2D eigenvalue weighted by Crippen LogP contribution is -2.32. The van der Waals surface area contributed by atoms with Crippen molar-refractivity contribution >= 4 is 40.0 Å². The number of halogens is 1. The molecule has 2 aromatic carbocycles. The minimum absolute atomic E-state index is 0.0653. The van der Waals surface area contributed by atoms with E-state index in [4.69, 9.17) is 9.47 Å². The minimum atomic E-state index is -0.708. The van der Waals surface area contributed by atoms with E-state index in [0.717, 1.165) is 9.13 Å². The molecule has 1 saturated heterocycles. The summed E-state index contributed by atoms with van der Waals surface area (Å²) in [5.41, 5.74) is 1.23. The molecule has 1 atom stereocenters. The number of likely N-dealkylation sites (tertiary alicyclic amines) is 1. The van der Waals surface area contributed by atoms with Gasteiger partial charge in [0.25, 0.3) is 11.7 Å². The van der Waals surface area contributed by atoms with Crippen molar-refractivity contribution in [1.29, 1.82) is 0 Å². The van der Waals surface area contributed by atoms with Gasteiger partial charge in [-0.25, -0.2) is 0 Å². The normalized spacial score (nSPS) is 18.5. The molecule has 6 nitrogen and oxygen atoms in total. The quantitative estimate of drug-likeness (QED) is 0.289. The van der Waals surface area contributed by atoms with Crippen molar-refractivity contribution in [2.45, 2.75) is 6.04 Å². The van der Waals surface area contributed by atoms with Crippen LogP contribution in [0.4, 0.5) is 0 Å². The average Bonchev–Trinajstić information content (AvgIpc) is 2.97. The number of rotatable bonds is 6. The van der Waals surface area contributed by atoms with E-state index in [1.165, 1.54) is 19.1 Å². The maximum absolute atomic E-state index is 12.8. The molecule has 1 aliphatic rings. The average molecular weight is 493 g/mol. The largest absolute Gasteiger partial charge is 0.507 e. The van der Waals surface area contributed by atoms with E-state index in [0.29, 0.717) is 11.3 Å². The molecule has 3 rings (SSSR count). The molecule has 0 spiro atoms. The van der Waals surface area contributed by atoms with Crippen molar-refractivity contribution in [2.75, 3.05) is 27.4 Å². The summed E-state index contributed by atoms with van der Waals surface area (Å²) < 4.78 is 11.3. The Hall–Kier alpha value is -2.39. The first kappa shape index (κ1) is 20.3. The van der Waals surface area contributed by atoms with Crippen LogP contribution in [0.1, 0.15) is 17.2 Å². The van der Waals surface area contributed by atoms with Crippen LogP contribution in [-0.2, 0) is 14.3 Å². The topological polar surface area (TPSA) is 76.1 Å². The van der Waals surface area contributed by atoms with E-state index in [1.54, 1.807) is 24.3 Å². The molecule has 0 bridgehead atoms. The molecule has 2 aromatic rings. The molecule has 1 N–H and O–H groups in total. The molecule has 28 heavy (non-hydrogen) atoms. The molecule has 1 fully saturated rings. The van der Waals surface area contributed by atoms with Crippen LogP contribution in [0.3, 0.4) is 0 Å². The smallest absolute Gasteiger partial charge is 0.295 e. The van der Waals surface area contributed by atoms with E-state index in [-0.39, 0.29) is 24.5 Å². The van der Waals surface area contributed by atoms with E-state index in [2.05, 4.69) is 22.6 Å². The number of aliphatic hydroxyl groups excluding tert-OH is 1. The lowest BCUT2D eigenvalue weighted by Gasteiger charge is -2.25. The summed E-state index contributed by atoms with van der Waals surface area (Å²) in [6.07, 6.45) is 0. The van der Waals surface area contributed by atoms with Crippen LogP contribution in [0.5, 0.6) is 5.75 Å². The number of methoxy groups -OCH3 is 2. The fourth-order valence-electron chi connectivity index (χ4n) is 3.22. The second-order valence-electron chi connectivity index (χ2n) is 6.27. The molecule has 1 amide bonds. The molecule has 1 heterocycles. The van der Waals surface area contributed by atoms with E-state index in [1.807, 2.05) is 24.3 Å². The lowest BCUT2D eigenvalue weighted by atomic mass is 9.95. The first-order chi connectivity index (χ1) is 13.5. The summed E-state index contributed by atoms with van der Waals surface area (Å²) in [4.78, 5) is 26.9. The predicted octanol–water partition coefficient (Wildman–Crippen LogP) is 3.37. The SMILES string of the molecule is COCCN1C(=O)C(=O)/C(=C(/O)c2cccc(OC)c2)C1c1ccc(I)cc1. The van der Waals surface area contributed by atoms with Crippen LogP contribution in [0.15, 0.2) is 54.1 Å². The van der Waals surface area contributed by atoms with Gasteiger partial charge in [0.15, 0.2) is 0 Å². The number of hydrogen-bond acceptors (Lipinski definition) is 5. The molecule has 1 aliphatic heterocycles. The Bertz CT molecular complexity index is 923. The van der Waals surface area contributed by atoms with Crippen molar-refractivity contribution in [1.82, 2.24) is 4.90 Å². The second kappa shape index (κ2) is 8.74. The van der Waals surface area contributed by atoms with Gasteiger partial charge in [0.05, 0.1) is 25.3 Å². The zero-order valence-electron chi connectivity index (χ0n) is 15.5. The summed E-state index contributed by atoms with van der Waals surface area (Å²) in [6.45, 7) is 0.527. The number of hydrogen-bond donors (Lipinski definition) is 1. The fourth-order valence-corrected chi connectivity index (χ4v) is 3.58. The number of ketones is 1. The molecule has 0 aliphatic carbocycles. The van der Waals surface area contributed by atoms with Crippen molar-refractivity contribution in [2.24, 2.45) is 0 Å². The molecule has 7 heteroatoms. The summed E-state index contributed by atoms with van der Waals surface area (Å²) in [6, 6.07) is 13.6. The Balaban J connectivity index is 2.15. The van der Waals surface area contributed by atoms with Crippen LogP contribution in [0, 0.1) is 3.57 Å². The van der Waals surface area contributed by atoms with Gasteiger partial charge in [-0.1, -0.05) is 24.3 Å². The van der Waals surface area contributed by atoms with Crippen LogP contribution in [0.25, 0.3) is 5.76 Å². The number of nitrogens with zero attached hydrogens (tertiary/aromatic N) is 1. The van der Waals surface area contributed by atoms with E-state index in [9.17, 15) is 14.7 Å². The Morgan fingerprint density at radius 2 is 1.86 bits per heavy atom. The number of carbonyl (C=O) groups is 2. The first-order valence-corrected chi connectivity index (χ1v) is 9.73. The molecule has 0 aromatic heterocycles. The number of Topliss-reactive ketones (excluding diaryl/α,β-unsaturated/α-hetero) is 1. The number of amides is 1. The zero-order chi connectivity index (χ0) is 20.3. The minimum Gasteiger partial charge on any atom is -0.507 e. The maximum atomic E-state index is 12.8. The monoisotopic (exact) mass is 493 g/mol. The van der Waals surface area contributed by atoms with Crippen LogP contribution in [0.2, 0.25) is 0 Å². The third-order valence-corrected chi connectivity index (χ3v) is 5.32. The Morgan fingerprint density at radius 1 is 1.14 bits per heavy atom. The van der Waals surface area contributed by atoms with Crippen molar-refractivity contribution < 1.29 is 24.2 Å². The van der Waals surface area contributed by atoms with Crippen molar-refractivity contribution in [3.05, 3.63) is 68.8 Å². The zero-order valence-corrected chi connectivity index (χ0v) is 17.7. The summed E-state index contributed by atoms with van der Waals surface area (Å²) in [7, 11) is 3.06. The summed E-state index contributed by atoms with van der Waals surface area (Å²) in [5, 5.41) is 10.9. The van der Waals surface area contributed by atoms with Gasteiger partial charge in [0.1, 0.15) is 11.5 Å². The number of ether oxygens (including phenoxy) is 2. The van der Waals surface area contributed by atoms with Gasteiger partial charge >= 0.3 is 0 Å². The second-order valence-corrected chi connectivity index (χ2v) is 7.51. The third kappa shape index (κ3) is 3.90. The molecule has 0 saturated carbocycles. The third-order valence-electron chi connectivity index (χ3n) is 4.61. The highest BCUT2D eigenvalue weighted by atomic mass is 127. The number of aliphatic hydroxyl groups is 1. The number of carbonyl (C=O) groups excluding carboxylic acids is 2. The van der Waals surface area contributed by atoms with E-state index < -0.39 is 17.7 Å². The van der Waals surface area contributed by atoms with Crippen LogP contribution < -0.4 is 4.74 Å². The maximum Gasteiger partial charge on any atom is 0.295 e. The molecule has 1 unspecified atom stereocenters. The first-order valence-electron chi connectivity index (χ1n) is 8.65. The standard InChI is InChI=1S/C21H20INO5/c1-27-11-10-23-18(13-6-8-15(22)9-7-13)17(20(25)21(23)26)19(24)14-4-3-5-16(12-14)28-2/h3-9,12,18,24H,10-11H2,1-2H3/b19-17+. The highest BCUT2D eigenvalue weighted by molar-refractivity contribution is 14.1. The lowest BCUT2D eigenvalue weighted by molar-refractivity contribution is -0.140. The Kier molecular flexibility index (Phi) is 6.35. The van der Waals surface area contributed by atoms with Gasteiger partial charge in [-0.3, -0.25) is 9.59 Å². The van der Waals surface area contributed by atoms with Crippen LogP contribution in [-0.4, -0.2) is 49.1 Å². The van der Waals surface area contributed by atoms with Gasteiger partial charge in [0.2, 0.25) is 0 Å². The molecule has 0 radical (unpaired) electrons. The fraction of sp³-hybridized carbons (Fsp3) is 0.238. The van der Waals surface area contributed by atoms with Crippen molar-refractivity contribution in [3.63, 3.8) is 0 Å². The predicted molar refractivity (Wildman–Crippen MR) is 113 cm³/mol. The van der Waals surface area contributed by atoms with Crippen LogP contribution >= 0.6 is 22.6 Å².